The minimum Gasteiger partial charge on any atom is -0.478 e. The number of benzene rings is 1. The van der Waals surface area contributed by atoms with Gasteiger partial charge in [0.25, 0.3) is 0 Å². The van der Waals surface area contributed by atoms with E-state index in [-0.39, 0.29) is 35.1 Å². The van der Waals surface area contributed by atoms with Crippen molar-refractivity contribution in [3.63, 3.8) is 0 Å². The van der Waals surface area contributed by atoms with Gasteiger partial charge in [0.15, 0.2) is 0 Å². The molecule has 1 heterocycles. The van der Waals surface area contributed by atoms with Crippen LogP contribution in [0.4, 0.5) is 5.69 Å². The quantitative estimate of drug-likeness (QED) is 0.670. The van der Waals surface area contributed by atoms with Crippen molar-refractivity contribution in [1.82, 2.24) is 0 Å². The first-order chi connectivity index (χ1) is 10.4. The molecular weight excluding hydrogens is 282 g/mol. The number of amides is 2. The van der Waals surface area contributed by atoms with Gasteiger partial charge in [0.05, 0.1) is 22.6 Å². The van der Waals surface area contributed by atoms with Crippen molar-refractivity contribution in [3.8, 4) is 0 Å². The topological polar surface area (TPSA) is 74.7 Å². The first kappa shape index (κ1) is 13.2. The molecule has 5 nitrogen and oxygen atoms in total. The largest absolute Gasteiger partial charge is 0.478 e. The van der Waals surface area contributed by atoms with Crippen molar-refractivity contribution in [3.05, 3.63) is 42.0 Å². The monoisotopic (exact) mass is 297 g/mol. The molecular formula is C17H15NO4. The number of carboxylic acid groups (broad SMARTS) is 1. The summed E-state index contributed by atoms with van der Waals surface area (Å²) in [5, 5.41) is 9.09. The van der Waals surface area contributed by atoms with Gasteiger partial charge in [-0.25, -0.2) is 9.69 Å². The van der Waals surface area contributed by atoms with Crippen LogP contribution in [0.2, 0.25) is 0 Å². The summed E-state index contributed by atoms with van der Waals surface area (Å²) in [7, 11) is 0. The van der Waals surface area contributed by atoms with Gasteiger partial charge in [0, 0.05) is 0 Å². The highest BCUT2D eigenvalue weighted by Crippen LogP contribution is 2.60. The fraction of sp³-hybridized carbons (Fsp3) is 0.353. The zero-order valence-electron chi connectivity index (χ0n) is 12.0. The Kier molecular flexibility index (Phi) is 2.45. The molecule has 0 aromatic heterocycles. The fourth-order valence-corrected chi connectivity index (χ4v) is 4.33. The van der Waals surface area contributed by atoms with Gasteiger partial charge >= 0.3 is 5.97 Å². The molecule has 22 heavy (non-hydrogen) atoms. The Morgan fingerprint density at radius 2 is 2.09 bits per heavy atom. The maximum absolute atomic E-state index is 12.9. The lowest BCUT2D eigenvalue weighted by molar-refractivity contribution is -0.127. The van der Waals surface area contributed by atoms with Gasteiger partial charge in [0.2, 0.25) is 11.8 Å². The van der Waals surface area contributed by atoms with Crippen LogP contribution in [-0.4, -0.2) is 22.9 Å². The van der Waals surface area contributed by atoms with Crippen molar-refractivity contribution in [2.45, 2.75) is 13.3 Å². The van der Waals surface area contributed by atoms with Crippen LogP contribution in [0, 0.1) is 23.2 Å². The zero-order valence-corrected chi connectivity index (χ0v) is 12.0. The van der Waals surface area contributed by atoms with Gasteiger partial charge in [-0.15, -0.1) is 0 Å². The van der Waals surface area contributed by atoms with Crippen molar-refractivity contribution >= 4 is 23.5 Å². The molecule has 4 rings (SSSR count). The lowest BCUT2D eigenvalue weighted by Crippen LogP contribution is -2.37. The highest BCUT2D eigenvalue weighted by molar-refractivity contribution is 6.24. The third-order valence-electron chi connectivity index (χ3n) is 5.46. The van der Waals surface area contributed by atoms with Crippen LogP contribution >= 0.6 is 0 Å². The number of rotatable bonds is 2. The Bertz CT molecular complexity index is 753. The summed E-state index contributed by atoms with van der Waals surface area (Å²) < 4.78 is 0. The molecule has 112 valence electrons. The molecule has 0 spiro atoms. The summed E-state index contributed by atoms with van der Waals surface area (Å²) in [6.07, 6.45) is 4.95. The van der Waals surface area contributed by atoms with Crippen LogP contribution in [0.25, 0.3) is 0 Å². The van der Waals surface area contributed by atoms with Gasteiger partial charge in [-0.05, 0) is 43.4 Å². The summed E-state index contributed by atoms with van der Waals surface area (Å²) in [5.74, 6) is -1.57. The van der Waals surface area contributed by atoms with E-state index in [4.69, 9.17) is 5.11 Å². The van der Waals surface area contributed by atoms with E-state index in [1.54, 1.807) is 12.1 Å². The van der Waals surface area contributed by atoms with Crippen LogP contribution in [0.1, 0.15) is 23.7 Å². The van der Waals surface area contributed by atoms with Gasteiger partial charge in [-0.1, -0.05) is 18.2 Å². The molecule has 5 heteroatoms. The van der Waals surface area contributed by atoms with E-state index in [1.807, 2.05) is 19.1 Å². The maximum Gasteiger partial charge on any atom is 0.335 e. The average Bonchev–Trinajstić information content (AvgIpc) is 3.12. The second-order valence-corrected chi connectivity index (χ2v) is 6.49. The van der Waals surface area contributed by atoms with Gasteiger partial charge < -0.3 is 5.11 Å². The number of carbonyl (C=O) groups excluding carboxylic acids is 2. The number of imide groups is 1. The van der Waals surface area contributed by atoms with Crippen LogP contribution < -0.4 is 4.90 Å². The Morgan fingerprint density at radius 1 is 1.32 bits per heavy atom. The normalized spacial score (nSPS) is 35.3. The number of nitrogens with zero attached hydrogens (tertiary/aromatic N) is 1. The number of fused-ring (bicyclic) bond motifs is 5. The molecule has 1 aromatic carbocycles. The number of hydrogen-bond acceptors (Lipinski definition) is 3. The average molecular weight is 297 g/mol. The SMILES string of the molecule is C[C@@]12C(=O)N(c3cccc(C(=O)O)c3)C(=O)[C@@H]1[C@@H]1C=C[C@H]2C1. The number of carbonyl (C=O) groups is 3. The van der Waals surface area contributed by atoms with Gasteiger partial charge in [0.1, 0.15) is 0 Å². The van der Waals surface area contributed by atoms with Gasteiger partial charge in [-0.3, -0.25) is 9.59 Å². The van der Waals surface area contributed by atoms with Crippen LogP contribution in [-0.2, 0) is 9.59 Å². The Balaban J connectivity index is 1.79. The van der Waals surface area contributed by atoms with E-state index in [0.29, 0.717) is 5.69 Å². The third-order valence-corrected chi connectivity index (χ3v) is 5.46. The van der Waals surface area contributed by atoms with Crippen molar-refractivity contribution in [2.75, 3.05) is 4.90 Å². The summed E-state index contributed by atoms with van der Waals surface area (Å²) in [5.41, 5.74) is -0.262. The van der Waals surface area contributed by atoms with E-state index >= 15 is 0 Å². The molecule has 1 aromatic rings. The molecule has 4 atom stereocenters. The number of aromatic carboxylic acids is 1. The Hall–Kier alpha value is -2.43. The molecule has 1 N–H and O–H groups in total. The van der Waals surface area contributed by atoms with E-state index < -0.39 is 11.4 Å². The summed E-state index contributed by atoms with van der Waals surface area (Å²) >= 11 is 0. The molecule has 1 saturated carbocycles. The van der Waals surface area contributed by atoms with E-state index in [9.17, 15) is 14.4 Å². The minimum absolute atomic E-state index is 0.0707. The smallest absolute Gasteiger partial charge is 0.335 e. The second-order valence-electron chi connectivity index (χ2n) is 6.49. The maximum atomic E-state index is 12.9. The molecule has 0 radical (unpaired) electrons. The number of carboxylic acids is 1. The first-order valence-electron chi connectivity index (χ1n) is 7.34. The fourth-order valence-electron chi connectivity index (χ4n) is 4.33. The Morgan fingerprint density at radius 3 is 2.77 bits per heavy atom. The molecule has 3 aliphatic rings. The predicted molar refractivity (Wildman–Crippen MR) is 78.2 cm³/mol. The lowest BCUT2D eigenvalue weighted by atomic mass is 9.71. The summed E-state index contributed by atoms with van der Waals surface area (Å²) in [4.78, 5) is 38.0. The number of hydrogen-bond donors (Lipinski definition) is 1. The molecule has 1 aliphatic heterocycles. The molecule has 2 bridgehead atoms. The minimum atomic E-state index is -1.07. The van der Waals surface area contributed by atoms with Crippen molar-refractivity contribution < 1.29 is 19.5 Å². The molecule has 2 fully saturated rings. The van der Waals surface area contributed by atoms with Crippen LogP contribution in [0.5, 0.6) is 0 Å². The van der Waals surface area contributed by atoms with Gasteiger partial charge in [-0.2, -0.15) is 0 Å². The van der Waals surface area contributed by atoms with Crippen molar-refractivity contribution in [1.29, 1.82) is 0 Å². The zero-order chi connectivity index (χ0) is 15.6. The highest BCUT2D eigenvalue weighted by atomic mass is 16.4. The summed E-state index contributed by atoms with van der Waals surface area (Å²) in [6, 6.07) is 6.01. The first-order valence-corrected chi connectivity index (χ1v) is 7.34. The van der Waals surface area contributed by atoms with E-state index in [2.05, 4.69) is 0 Å². The predicted octanol–water partition coefficient (Wildman–Crippen LogP) is 2.09. The van der Waals surface area contributed by atoms with E-state index in [1.165, 1.54) is 17.0 Å². The number of allylic oxidation sites excluding steroid dienone is 2. The van der Waals surface area contributed by atoms with Crippen LogP contribution in [0.15, 0.2) is 36.4 Å². The molecule has 2 amide bonds. The molecule has 0 unspecified atom stereocenters. The second kappa shape index (κ2) is 4.06. The van der Waals surface area contributed by atoms with E-state index in [0.717, 1.165) is 6.42 Å². The lowest BCUT2D eigenvalue weighted by Gasteiger charge is -2.28. The van der Waals surface area contributed by atoms with Crippen LogP contribution in [0.3, 0.4) is 0 Å². The molecule has 2 aliphatic carbocycles. The highest BCUT2D eigenvalue weighted by Gasteiger charge is 2.67. The van der Waals surface area contributed by atoms with Crippen molar-refractivity contribution in [2.24, 2.45) is 23.2 Å². The molecule has 1 saturated heterocycles. The number of anilines is 1. The standard InChI is InChI=1S/C17H15NO4/c1-17-11-6-5-9(7-11)13(17)14(19)18(16(17)22)12-4-2-3-10(8-12)15(20)21/h2-6,8-9,11,13H,7H2,1H3,(H,20,21)/t9-,11+,13+,17+/m1/s1. The Labute approximate surface area is 127 Å². The third kappa shape index (κ3) is 1.41. The summed E-state index contributed by atoms with van der Waals surface area (Å²) in [6.45, 7) is 1.87.